The number of hydrogen-bond acceptors (Lipinski definition) is 4. The maximum absolute atomic E-state index is 12.8. The van der Waals surface area contributed by atoms with E-state index in [-0.39, 0.29) is 16.8 Å². The van der Waals surface area contributed by atoms with E-state index in [9.17, 15) is 13.2 Å². The smallest absolute Gasteiger partial charge is 0.253 e. The van der Waals surface area contributed by atoms with Crippen LogP contribution in [0.3, 0.4) is 0 Å². The Labute approximate surface area is 143 Å². The first-order valence-corrected chi connectivity index (χ1v) is 10.0. The molecule has 1 aromatic carbocycles. The lowest BCUT2D eigenvalue weighted by Gasteiger charge is -2.26. The molecule has 0 bridgehead atoms. The number of rotatable bonds is 4. The van der Waals surface area contributed by atoms with Gasteiger partial charge in [-0.2, -0.15) is 4.31 Å². The van der Waals surface area contributed by atoms with Crippen LogP contribution in [-0.4, -0.2) is 62.8 Å². The van der Waals surface area contributed by atoms with Crippen LogP contribution in [-0.2, 0) is 10.0 Å². The highest BCUT2D eigenvalue weighted by atomic mass is 32.2. The molecule has 1 N–H and O–H groups in total. The van der Waals surface area contributed by atoms with Crippen LogP contribution >= 0.6 is 0 Å². The quantitative estimate of drug-likeness (QED) is 0.888. The van der Waals surface area contributed by atoms with E-state index in [0.717, 1.165) is 38.8 Å². The fraction of sp³-hybridized carbons (Fsp3) is 0.588. The van der Waals surface area contributed by atoms with Gasteiger partial charge in [0, 0.05) is 38.3 Å². The van der Waals surface area contributed by atoms with Gasteiger partial charge in [0.2, 0.25) is 10.0 Å². The van der Waals surface area contributed by atoms with Crippen molar-refractivity contribution >= 4 is 15.9 Å². The predicted molar refractivity (Wildman–Crippen MR) is 92.4 cm³/mol. The number of carbonyl (C=O) groups excluding carboxylic acids is 1. The van der Waals surface area contributed by atoms with Crippen LogP contribution in [0.2, 0.25) is 0 Å². The summed E-state index contributed by atoms with van der Waals surface area (Å²) < 4.78 is 27.1. The molecule has 3 rings (SSSR count). The van der Waals surface area contributed by atoms with Gasteiger partial charge in [-0.15, -0.1) is 0 Å². The zero-order chi connectivity index (χ0) is 17.2. The molecule has 2 saturated heterocycles. The van der Waals surface area contributed by atoms with Gasteiger partial charge in [-0.1, -0.05) is 12.5 Å². The molecule has 0 radical (unpaired) electrons. The molecule has 0 spiro atoms. The molecule has 7 heteroatoms. The van der Waals surface area contributed by atoms with Gasteiger partial charge in [-0.25, -0.2) is 8.42 Å². The first-order chi connectivity index (χ1) is 11.5. The van der Waals surface area contributed by atoms with Crippen molar-refractivity contribution in [3.05, 3.63) is 29.8 Å². The van der Waals surface area contributed by atoms with E-state index in [1.54, 1.807) is 30.1 Å². The maximum atomic E-state index is 12.8. The van der Waals surface area contributed by atoms with Gasteiger partial charge in [0.1, 0.15) is 0 Å². The molecule has 2 aliphatic rings. The number of hydrogen-bond donors (Lipinski definition) is 1. The average molecular weight is 351 g/mol. The Morgan fingerprint density at radius 2 is 2.00 bits per heavy atom. The molecule has 132 valence electrons. The van der Waals surface area contributed by atoms with Crippen molar-refractivity contribution in [2.24, 2.45) is 0 Å². The van der Waals surface area contributed by atoms with Crippen molar-refractivity contribution in [1.29, 1.82) is 0 Å². The zero-order valence-corrected chi connectivity index (χ0v) is 14.9. The molecule has 2 fully saturated rings. The number of carbonyl (C=O) groups is 1. The molecule has 1 unspecified atom stereocenters. The van der Waals surface area contributed by atoms with Crippen molar-refractivity contribution in [2.75, 3.05) is 33.2 Å². The largest absolute Gasteiger partial charge is 0.337 e. The van der Waals surface area contributed by atoms with E-state index in [0.29, 0.717) is 18.7 Å². The van der Waals surface area contributed by atoms with Crippen molar-refractivity contribution in [1.82, 2.24) is 14.5 Å². The van der Waals surface area contributed by atoms with E-state index >= 15 is 0 Å². The van der Waals surface area contributed by atoms with Gasteiger partial charge in [0.25, 0.3) is 5.91 Å². The number of benzene rings is 1. The van der Waals surface area contributed by atoms with Crippen LogP contribution in [0.4, 0.5) is 0 Å². The van der Waals surface area contributed by atoms with E-state index in [4.69, 9.17) is 0 Å². The van der Waals surface area contributed by atoms with Crippen molar-refractivity contribution in [2.45, 2.75) is 36.6 Å². The van der Waals surface area contributed by atoms with Crippen LogP contribution in [0.1, 0.15) is 36.0 Å². The number of nitrogens with zero attached hydrogens (tertiary/aromatic N) is 2. The second kappa shape index (κ2) is 7.21. The van der Waals surface area contributed by atoms with Gasteiger partial charge >= 0.3 is 0 Å². The van der Waals surface area contributed by atoms with Gasteiger partial charge in [0.15, 0.2) is 0 Å². The molecule has 1 atom stereocenters. The highest BCUT2D eigenvalue weighted by Crippen LogP contribution is 2.22. The third kappa shape index (κ3) is 3.48. The van der Waals surface area contributed by atoms with Crippen LogP contribution < -0.4 is 5.32 Å². The van der Waals surface area contributed by atoms with Crippen molar-refractivity contribution in [3.8, 4) is 0 Å². The van der Waals surface area contributed by atoms with E-state index < -0.39 is 10.0 Å². The molecule has 0 saturated carbocycles. The van der Waals surface area contributed by atoms with Gasteiger partial charge in [0.05, 0.1) is 4.90 Å². The maximum Gasteiger partial charge on any atom is 0.253 e. The van der Waals surface area contributed by atoms with Crippen LogP contribution in [0.5, 0.6) is 0 Å². The third-order valence-electron chi connectivity index (χ3n) is 4.94. The number of nitrogens with one attached hydrogen (secondary N) is 1. The molecule has 2 aliphatic heterocycles. The van der Waals surface area contributed by atoms with Crippen LogP contribution in [0.25, 0.3) is 0 Å². The Morgan fingerprint density at radius 1 is 1.25 bits per heavy atom. The molecule has 1 amide bonds. The molecule has 2 heterocycles. The normalized spacial score (nSPS) is 22.5. The first-order valence-electron chi connectivity index (χ1n) is 8.58. The molecule has 24 heavy (non-hydrogen) atoms. The predicted octanol–water partition coefficient (Wildman–Crippen LogP) is 1.30. The Morgan fingerprint density at radius 3 is 2.67 bits per heavy atom. The Bertz CT molecular complexity index is 693. The fourth-order valence-electron chi connectivity index (χ4n) is 3.38. The van der Waals surface area contributed by atoms with E-state index in [2.05, 4.69) is 5.32 Å². The summed E-state index contributed by atoms with van der Waals surface area (Å²) in [5.74, 6) is -0.126. The summed E-state index contributed by atoms with van der Waals surface area (Å²) >= 11 is 0. The first kappa shape index (κ1) is 17.4. The zero-order valence-electron chi connectivity index (χ0n) is 14.1. The number of sulfonamides is 1. The lowest BCUT2D eigenvalue weighted by molar-refractivity contribution is 0.0743. The minimum Gasteiger partial charge on any atom is -0.337 e. The van der Waals surface area contributed by atoms with Gasteiger partial charge in [-0.3, -0.25) is 4.79 Å². The number of piperidine rings is 1. The topological polar surface area (TPSA) is 69.7 Å². The van der Waals surface area contributed by atoms with Crippen molar-refractivity contribution < 1.29 is 13.2 Å². The molecular weight excluding hydrogens is 326 g/mol. The van der Waals surface area contributed by atoms with Gasteiger partial charge in [-0.05, 0) is 44.0 Å². The fourth-order valence-corrected chi connectivity index (χ4v) is 4.95. The SMILES string of the molecule is CN(C(=O)c1cccc(S(=O)(=O)N2CCCCC2)c1)C1CCNC1. The summed E-state index contributed by atoms with van der Waals surface area (Å²) in [6.45, 7) is 2.82. The molecule has 0 aliphatic carbocycles. The van der Waals surface area contributed by atoms with Crippen molar-refractivity contribution in [3.63, 3.8) is 0 Å². The van der Waals surface area contributed by atoms with E-state index in [1.165, 1.54) is 10.4 Å². The highest BCUT2D eigenvalue weighted by molar-refractivity contribution is 7.89. The Hall–Kier alpha value is -1.44. The summed E-state index contributed by atoms with van der Waals surface area (Å²) in [5.41, 5.74) is 0.433. The van der Waals surface area contributed by atoms with Crippen LogP contribution in [0.15, 0.2) is 29.2 Å². The second-order valence-electron chi connectivity index (χ2n) is 6.56. The lowest BCUT2D eigenvalue weighted by atomic mass is 10.1. The summed E-state index contributed by atoms with van der Waals surface area (Å²) in [6, 6.07) is 6.62. The van der Waals surface area contributed by atoms with Gasteiger partial charge < -0.3 is 10.2 Å². The average Bonchev–Trinajstić information content (AvgIpc) is 3.16. The van der Waals surface area contributed by atoms with E-state index in [1.807, 2.05) is 0 Å². The monoisotopic (exact) mass is 351 g/mol. The molecule has 1 aromatic rings. The highest BCUT2D eigenvalue weighted by Gasteiger charge is 2.28. The third-order valence-corrected chi connectivity index (χ3v) is 6.83. The summed E-state index contributed by atoms with van der Waals surface area (Å²) in [7, 11) is -1.73. The number of amides is 1. The van der Waals surface area contributed by atoms with Crippen LogP contribution in [0, 0.1) is 0 Å². The lowest BCUT2D eigenvalue weighted by Crippen LogP contribution is -2.38. The minimum absolute atomic E-state index is 0.126. The second-order valence-corrected chi connectivity index (χ2v) is 8.49. The standard InChI is InChI=1S/C17H25N3O3S/c1-19(15-8-9-18-13-15)17(21)14-6-5-7-16(12-14)24(22,23)20-10-3-2-4-11-20/h5-7,12,15,18H,2-4,8-11,13H2,1H3. The summed E-state index contributed by atoms with van der Waals surface area (Å²) in [5, 5.41) is 3.24. The molecular formula is C17H25N3O3S. The summed E-state index contributed by atoms with van der Waals surface area (Å²) in [6.07, 6.45) is 3.79. The Kier molecular flexibility index (Phi) is 5.22. The number of likely N-dealkylation sites (N-methyl/N-ethyl adjacent to an activating group) is 1. The Balaban J connectivity index is 1.81. The summed E-state index contributed by atoms with van der Waals surface area (Å²) in [4.78, 5) is 14.6. The minimum atomic E-state index is -3.51. The molecule has 6 nitrogen and oxygen atoms in total. The molecule has 0 aromatic heterocycles.